The Kier molecular flexibility index (Phi) is 8.58. The van der Waals surface area contributed by atoms with Gasteiger partial charge in [0.05, 0.1) is 22.3 Å². The molecule has 2 heterocycles. The molecular weight excluding hydrogens is 563 g/mol. The van der Waals surface area contributed by atoms with Crippen LogP contribution in [0.15, 0.2) is 101 Å². The summed E-state index contributed by atoms with van der Waals surface area (Å²) >= 11 is 0. The fourth-order valence-electron chi connectivity index (χ4n) is 4.51. The van der Waals surface area contributed by atoms with E-state index in [-0.39, 0.29) is 16.7 Å². The van der Waals surface area contributed by atoms with Crippen molar-refractivity contribution in [1.29, 1.82) is 0 Å². The number of nitrogens with one attached hydrogen (secondary N) is 1. The van der Waals surface area contributed by atoms with E-state index in [4.69, 9.17) is 18.9 Å². The van der Waals surface area contributed by atoms with Crippen LogP contribution in [0.25, 0.3) is 0 Å². The second-order valence-corrected chi connectivity index (χ2v) is 9.55. The number of hydrogen-bond acceptors (Lipinski definition) is 9. The van der Waals surface area contributed by atoms with Crippen molar-refractivity contribution in [3.8, 4) is 0 Å². The molecule has 5 rings (SSSR count). The van der Waals surface area contributed by atoms with Crippen molar-refractivity contribution >= 4 is 17.9 Å². The Balaban J connectivity index is 1.55. The summed E-state index contributed by atoms with van der Waals surface area (Å²) < 4.78 is 38.8. The summed E-state index contributed by atoms with van der Waals surface area (Å²) in [5.74, 6) is -3.73. The Morgan fingerprint density at radius 2 is 1.23 bits per heavy atom. The summed E-state index contributed by atoms with van der Waals surface area (Å²) in [4.78, 5) is 66.0. The second kappa shape index (κ2) is 12.7. The smallest absolute Gasteiger partial charge is 0.338 e. The number of esters is 3. The lowest BCUT2D eigenvalue weighted by Gasteiger charge is -2.25. The Labute approximate surface area is 243 Å². The zero-order valence-electron chi connectivity index (χ0n) is 22.7. The fraction of sp³-hybridized carbons (Fsp3) is 0.194. The number of aromatic nitrogens is 2. The molecule has 0 amide bonds. The van der Waals surface area contributed by atoms with Gasteiger partial charge in [0, 0.05) is 0 Å². The maximum Gasteiger partial charge on any atom is 0.338 e. The average molecular weight is 589 g/mol. The maximum atomic E-state index is 15.5. The SMILES string of the molecule is Cc1c(F)n([C@@H]2O[C@H](COC(=O)c3ccccc3)[C@@H](OC(=O)c3ccccc3)[C@H]2OC(=O)c2ccccc2)c(=O)[nH]c1=O. The number of hydrogen-bond donors (Lipinski definition) is 1. The van der Waals surface area contributed by atoms with Gasteiger partial charge in [-0.05, 0) is 43.3 Å². The summed E-state index contributed by atoms with van der Waals surface area (Å²) in [6, 6.07) is 23.7. The second-order valence-electron chi connectivity index (χ2n) is 9.55. The topological polar surface area (TPSA) is 143 Å². The first kappa shape index (κ1) is 29.1. The normalized spacial score (nSPS) is 19.4. The first-order valence-electron chi connectivity index (χ1n) is 13.1. The Morgan fingerprint density at radius 1 is 0.767 bits per heavy atom. The van der Waals surface area contributed by atoms with E-state index in [0.29, 0.717) is 4.57 Å². The molecule has 0 saturated carbocycles. The van der Waals surface area contributed by atoms with Gasteiger partial charge in [0.15, 0.2) is 18.4 Å². The highest BCUT2D eigenvalue weighted by molar-refractivity contribution is 5.91. The molecule has 1 aliphatic rings. The van der Waals surface area contributed by atoms with E-state index < -0.39 is 71.8 Å². The molecule has 4 aromatic rings. The third-order valence-corrected chi connectivity index (χ3v) is 6.73. The molecule has 1 aliphatic heterocycles. The highest BCUT2D eigenvalue weighted by atomic mass is 19.1. The number of benzene rings is 3. The number of halogens is 1. The number of H-pyrrole nitrogens is 1. The molecule has 0 bridgehead atoms. The molecule has 0 spiro atoms. The van der Waals surface area contributed by atoms with Crippen LogP contribution in [0, 0.1) is 12.9 Å². The van der Waals surface area contributed by atoms with E-state index >= 15 is 4.39 Å². The number of carbonyl (C=O) groups excluding carboxylic acids is 3. The third-order valence-electron chi connectivity index (χ3n) is 6.73. The van der Waals surface area contributed by atoms with Gasteiger partial charge < -0.3 is 18.9 Å². The van der Waals surface area contributed by atoms with Crippen LogP contribution in [0.1, 0.15) is 42.9 Å². The van der Waals surface area contributed by atoms with E-state index in [9.17, 15) is 24.0 Å². The lowest BCUT2D eigenvalue weighted by atomic mass is 10.1. The number of rotatable bonds is 8. The van der Waals surface area contributed by atoms with Gasteiger partial charge in [-0.25, -0.2) is 23.7 Å². The number of nitrogens with zero attached hydrogens (tertiary/aromatic N) is 1. The van der Waals surface area contributed by atoms with Crippen LogP contribution in [0.5, 0.6) is 0 Å². The lowest BCUT2D eigenvalue weighted by molar-refractivity contribution is -0.0685. The molecule has 1 saturated heterocycles. The van der Waals surface area contributed by atoms with Crippen molar-refractivity contribution in [2.75, 3.05) is 6.61 Å². The highest BCUT2D eigenvalue weighted by Crippen LogP contribution is 2.35. The predicted octanol–water partition coefficient (Wildman–Crippen LogP) is 3.19. The van der Waals surface area contributed by atoms with E-state index in [1.807, 2.05) is 4.98 Å². The number of carbonyl (C=O) groups is 3. The molecule has 0 aliphatic carbocycles. The Hall–Kier alpha value is -5.36. The Morgan fingerprint density at radius 3 is 1.74 bits per heavy atom. The van der Waals surface area contributed by atoms with Crippen LogP contribution in [0.3, 0.4) is 0 Å². The maximum absolute atomic E-state index is 15.5. The third kappa shape index (κ3) is 6.28. The van der Waals surface area contributed by atoms with Crippen LogP contribution < -0.4 is 11.2 Å². The van der Waals surface area contributed by atoms with E-state index in [0.717, 1.165) is 6.92 Å². The highest BCUT2D eigenvalue weighted by Gasteiger charge is 2.52. The zero-order chi connectivity index (χ0) is 30.5. The van der Waals surface area contributed by atoms with Crippen molar-refractivity contribution in [3.63, 3.8) is 0 Å². The van der Waals surface area contributed by atoms with Gasteiger partial charge >= 0.3 is 23.6 Å². The molecule has 0 radical (unpaired) electrons. The minimum atomic E-state index is -1.73. The first-order valence-corrected chi connectivity index (χ1v) is 13.1. The molecule has 1 fully saturated rings. The monoisotopic (exact) mass is 588 g/mol. The summed E-state index contributed by atoms with van der Waals surface area (Å²) in [6.45, 7) is 0.616. The molecule has 11 nitrogen and oxygen atoms in total. The molecule has 1 aromatic heterocycles. The molecule has 43 heavy (non-hydrogen) atoms. The molecule has 1 N–H and O–H groups in total. The minimum Gasteiger partial charge on any atom is -0.459 e. The van der Waals surface area contributed by atoms with Crippen molar-refractivity contribution in [2.24, 2.45) is 0 Å². The van der Waals surface area contributed by atoms with Crippen molar-refractivity contribution in [2.45, 2.75) is 31.5 Å². The van der Waals surface area contributed by atoms with Crippen LogP contribution in [0.2, 0.25) is 0 Å². The standard InChI is InChI=1S/C31H25FN2O9/c1-18-25(32)34(31(39)33-26(18)35)27-24(43-30(38)21-15-9-4-10-16-21)23(42-29(37)20-13-7-3-8-14-20)22(41-27)17-40-28(36)19-11-5-2-6-12-19/h2-16,22-24,27H,17H2,1H3,(H,33,35,39)/t22-,23-,24-,27-/m1/s1. The summed E-state index contributed by atoms with van der Waals surface area (Å²) in [6.07, 6.45) is -6.19. The molecule has 4 atom stereocenters. The van der Waals surface area contributed by atoms with Crippen molar-refractivity contribution < 1.29 is 37.7 Å². The average Bonchev–Trinajstić information content (AvgIpc) is 3.35. The van der Waals surface area contributed by atoms with Gasteiger partial charge in [0.1, 0.15) is 12.7 Å². The Bertz CT molecular complexity index is 1740. The van der Waals surface area contributed by atoms with E-state index in [1.165, 1.54) is 36.4 Å². The van der Waals surface area contributed by atoms with Gasteiger partial charge in [0.25, 0.3) is 5.56 Å². The summed E-state index contributed by atoms with van der Waals surface area (Å²) in [5, 5.41) is 0. The van der Waals surface area contributed by atoms with Gasteiger partial charge in [-0.2, -0.15) is 4.39 Å². The van der Waals surface area contributed by atoms with Crippen molar-refractivity contribution in [1.82, 2.24) is 9.55 Å². The summed E-state index contributed by atoms with van der Waals surface area (Å²) in [7, 11) is 0. The molecule has 0 unspecified atom stereocenters. The first-order chi connectivity index (χ1) is 20.7. The van der Waals surface area contributed by atoms with Gasteiger partial charge in [-0.1, -0.05) is 54.6 Å². The number of aromatic amines is 1. The van der Waals surface area contributed by atoms with Gasteiger partial charge in [0.2, 0.25) is 5.95 Å². The molecular formula is C31H25FN2O9. The van der Waals surface area contributed by atoms with Crippen LogP contribution in [0.4, 0.5) is 4.39 Å². The van der Waals surface area contributed by atoms with Crippen LogP contribution in [-0.4, -0.2) is 52.4 Å². The van der Waals surface area contributed by atoms with Crippen LogP contribution >= 0.6 is 0 Å². The van der Waals surface area contributed by atoms with Crippen molar-refractivity contribution in [3.05, 3.63) is 140 Å². The zero-order valence-corrected chi connectivity index (χ0v) is 22.7. The fourth-order valence-corrected chi connectivity index (χ4v) is 4.51. The number of ether oxygens (including phenoxy) is 4. The van der Waals surface area contributed by atoms with Crippen LogP contribution in [-0.2, 0) is 18.9 Å². The molecule has 220 valence electrons. The largest absolute Gasteiger partial charge is 0.459 e. The minimum absolute atomic E-state index is 0.110. The summed E-state index contributed by atoms with van der Waals surface area (Å²) in [5.41, 5.74) is -2.13. The quantitative estimate of drug-likeness (QED) is 0.187. The van der Waals surface area contributed by atoms with E-state index in [1.54, 1.807) is 54.6 Å². The van der Waals surface area contributed by atoms with E-state index in [2.05, 4.69) is 0 Å². The molecule has 12 heteroatoms. The molecule has 3 aromatic carbocycles. The van der Waals surface area contributed by atoms with Gasteiger partial charge in [-0.3, -0.25) is 9.78 Å². The van der Waals surface area contributed by atoms with Gasteiger partial charge in [-0.15, -0.1) is 0 Å². The lowest BCUT2D eigenvalue weighted by Crippen LogP contribution is -2.44. The predicted molar refractivity (Wildman–Crippen MR) is 148 cm³/mol.